The van der Waals surface area contributed by atoms with E-state index in [-0.39, 0.29) is 0 Å². The number of rotatable bonds is 6. The average Bonchev–Trinajstić information content (AvgIpc) is 2.94. The smallest absolute Gasteiger partial charge is 0.0251 e. The number of hydrogen-bond acceptors (Lipinski definition) is 2. The molecule has 2 nitrogen and oxygen atoms in total. The van der Waals surface area contributed by atoms with E-state index in [0.29, 0.717) is 5.41 Å². The van der Waals surface area contributed by atoms with Gasteiger partial charge in [0.05, 0.1) is 0 Å². The normalized spacial score (nSPS) is 43.6. The molecule has 0 amide bonds. The Morgan fingerprint density at radius 1 is 1.00 bits per heavy atom. The van der Waals surface area contributed by atoms with Gasteiger partial charge < -0.3 is 10.2 Å². The molecule has 2 heteroatoms. The van der Waals surface area contributed by atoms with Gasteiger partial charge in [0.15, 0.2) is 0 Å². The summed E-state index contributed by atoms with van der Waals surface area (Å²) in [7, 11) is 0. The standard InChI is InChI=1S/C19H34N2/c1-2-5-20-18(14-21-6-3-4-7-21)19-11-15-8-16(12-19)10-17(9-15)13-19/h15-18,20H,2-14H2,1H3. The third-order valence-corrected chi connectivity index (χ3v) is 7.10. The summed E-state index contributed by atoms with van der Waals surface area (Å²) in [5, 5.41) is 4.01. The van der Waals surface area contributed by atoms with Crippen molar-refractivity contribution in [3.63, 3.8) is 0 Å². The van der Waals surface area contributed by atoms with Crippen molar-refractivity contribution in [3.8, 4) is 0 Å². The molecule has 1 N–H and O–H groups in total. The SMILES string of the molecule is CCCNC(CN1CCCC1)C12CC3CC(CC(C3)C1)C2. The zero-order valence-corrected chi connectivity index (χ0v) is 13.9. The first kappa shape index (κ1) is 14.5. The summed E-state index contributed by atoms with van der Waals surface area (Å²) in [6.45, 7) is 7.60. The molecule has 5 fully saturated rings. The molecule has 0 aromatic rings. The maximum absolute atomic E-state index is 4.01. The minimum atomic E-state index is 0.673. The van der Waals surface area contributed by atoms with E-state index in [9.17, 15) is 0 Å². The predicted molar refractivity (Wildman–Crippen MR) is 88.4 cm³/mol. The van der Waals surface area contributed by atoms with Crippen molar-refractivity contribution in [1.82, 2.24) is 10.2 Å². The first-order chi connectivity index (χ1) is 10.3. The lowest BCUT2D eigenvalue weighted by Gasteiger charge is -2.60. The lowest BCUT2D eigenvalue weighted by atomic mass is 9.47. The molecular formula is C19H34N2. The van der Waals surface area contributed by atoms with Gasteiger partial charge in [0.25, 0.3) is 0 Å². The maximum Gasteiger partial charge on any atom is 0.0251 e. The van der Waals surface area contributed by atoms with Gasteiger partial charge in [-0.2, -0.15) is 0 Å². The minimum absolute atomic E-state index is 0.673. The number of nitrogens with zero attached hydrogens (tertiary/aromatic N) is 1. The Balaban J connectivity index is 1.50. The molecule has 1 heterocycles. The van der Waals surface area contributed by atoms with Crippen LogP contribution < -0.4 is 5.32 Å². The Morgan fingerprint density at radius 2 is 1.57 bits per heavy atom. The second kappa shape index (κ2) is 5.85. The van der Waals surface area contributed by atoms with Crippen molar-refractivity contribution in [2.24, 2.45) is 23.2 Å². The van der Waals surface area contributed by atoms with Crippen LogP contribution in [0.1, 0.15) is 64.7 Å². The van der Waals surface area contributed by atoms with E-state index >= 15 is 0 Å². The topological polar surface area (TPSA) is 15.3 Å². The van der Waals surface area contributed by atoms with Crippen molar-refractivity contribution >= 4 is 0 Å². The van der Waals surface area contributed by atoms with Crippen molar-refractivity contribution in [3.05, 3.63) is 0 Å². The summed E-state index contributed by atoms with van der Waals surface area (Å²) in [6.07, 6.45) is 13.5. The molecule has 5 aliphatic rings. The first-order valence-electron chi connectivity index (χ1n) is 9.73. The Bertz CT molecular complexity index is 323. The van der Waals surface area contributed by atoms with Crippen molar-refractivity contribution in [2.75, 3.05) is 26.2 Å². The molecule has 0 aromatic carbocycles. The van der Waals surface area contributed by atoms with Gasteiger partial charge in [0.1, 0.15) is 0 Å². The Hall–Kier alpha value is -0.0800. The predicted octanol–water partition coefficient (Wildman–Crippen LogP) is 3.67. The first-order valence-corrected chi connectivity index (χ1v) is 9.73. The summed E-state index contributed by atoms with van der Waals surface area (Å²) in [4.78, 5) is 2.76. The quantitative estimate of drug-likeness (QED) is 0.803. The van der Waals surface area contributed by atoms with E-state index < -0.39 is 0 Å². The summed E-state index contributed by atoms with van der Waals surface area (Å²) in [5.41, 5.74) is 0.673. The van der Waals surface area contributed by atoms with Crippen LogP contribution in [0.25, 0.3) is 0 Å². The minimum Gasteiger partial charge on any atom is -0.312 e. The Kier molecular flexibility index (Phi) is 4.04. The third-order valence-electron chi connectivity index (χ3n) is 7.10. The zero-order valence-electron chi connectivity index (χ0n) is 13.9. The summed E-state index contributed by atoms with van der Waals surface area (Å²) in [5.74, 6) is 3.25. The van der Waals surface area contributed by atoms with Crippen LogP contribution in [-0.2, 0) is 0 Å². The van der Waals surface area contributed by atoms with Crippen LogP contribution in [0.5, 0.6) is 0 Å². The maximum atomic E-state index is 4.01. The van der Waals surface area contributed by atoms with Gasteiger partial charge in [0.2, 0.25) is 0 Å². The monoisotopic (exact) mass is 290 g/mol. The van der Waals surface area contributed by atoms with E-state index in [4.69, 9.17) is 0 Å². The van der Waals surface area contributed by atoms with Gasteiger partial charge >= 0.3 is 0 Å². The highest BCUT2D eigenvalue weighted by atomic mass is 15.2. The molecule has 4 bridgehead atoms. The van der Waals surface area contributed by atoms with E-state index in [1.54, 1.807) is 38.5 Å². The Labute approximate surface area is 131 Å². The lowest BCUT2D eigenvalue weighted by molar-refractivity contribution is -0.0779. The zero-order chi connectivity index (χ0) is 14.3. The summed E-state index contributed by atoms with van der Waals surface area (Å²) < 4.78 is 0. The fraction of sp³-hybridized carbons (Fsp3) is 1.00. The molecule has 21 heavy (non-hydrogen) atoms. The van der Waals surface area contributed by atoms with Gasteiger partial charge in [-0.05, 0) is 101 Å². The van der Waals surface area contributed by atoms with E-state index in [1.807, 2.05) is 0 Å². The molecule has 4 saturated carbocycles. The van der Waals surface area contributed by atoms with Crippen LogP contribution in [0.4, 0.5) is 0 Å². The van der Waals surface area contributed by atoms with Crippen molar-refractivity contribution < 1.29 is 0 Å². The van der Waals surface area contributed by atoms with Gasteiger partial charge in [0, 0.05) is 12.6 Å². The molecule has 0 spiro atoms. The average molecular weight is 290 g/mol. The molecule has 0 radical (unpaired) electrons. The van der Waals surface area contributed by atoms with Crippen LogP contribution in [-0.4, -0.2) is 37.1 Å². The van der Waals surface area contributed by atoms with E-state index in [0.717, 1.165) is 23.8 Å². The molecule has 0 aromatic heterocycles. The van der Waals surface area contributed by atoms with Crippen LogP contribution >= 0.6 is 0 Å². The molecule has 4 aliphatic carbocycles. The van der Waals surface area contributed by atoms with Gasteiger partial charge in [-0.1, -0.05) is 6.92 Å². The second-order valence-corrected chi connectivity index (χ2v) is 8.79. The highest BCUT2D eigenvalue weighted by Crippen LogP contribution is 2.61. The van der Waals surface area contributed by atoms with Crippen LogP contribution in [0.3, 0.4) is 0 Å². The Morgan fingerprint density at radius 3 is 2.10 bits per heavy atom. The van der Waals surface area contributed by atoms with Crippen LogP contribution in [0, 0.1) is 23.2 Å². The fourth-order valence-corrected chi connectivity index (χ4v) is 6.62. The molecule has 1 aliphatic heterocycles. The molecule has 1 saturated heterocycles. The number of hydrogen-bond donors (Lipinski definition) is 1. The lowest BCUT2D eigenvalue weighted by Crippen LogP contribution is -2.59. The van der Waals surface area contributed by atoms with E-state index in [2.05, 4.69) is 17.1 Å². The summed E-state index contributed by atoms with van der Waals surface area (Å²) >= 11 is 0. The van der Waals surface area contributed by atoms with Gasteiger partial charge in [-0.15, -0.1) is 0 Å². The molecular weight excluding hydrogens is 256 g/mol. The van der Waals surface area contributed by atoms with Gasteiger partial charge in [-0.25, -0.2) is 0 Å². The molecule has 5 rings (SSSR count). The van der Waals surface area contributed by atoms with Crippen molar-refractivity contribution in [2.45, 2.75) is 70.8 Å². The largest absolute Gasteiger partial charge is 0.312 e. The highest BCUT2D eigenvalue weighted by Gasteiger charge is 2.54. The van der Waals surface area contributed by atoms with E-state index in [1.165, 1.54) is 45.4 Å². The van der Waals surface area contributed by atoms with Crippen LogP contribution in [0.2, 0.25) is 0 Å². The summed E-state index contributed by atoms with van der Waals surface area (Å²) in [6, 6.07) is 0.781. The van der Waals surface area contributed by atoms with Crippen LogP contribution in [0.15, 0.2) is 0 Å². The molecule has 120 valence electrons. The number of likely N-dealkylation sites (tertiary alicyclic amines) is 1. The number of nitrogens with one attached hydrogen (secondary N) is 1. The highest BCUT2D eigenvalue weighted by molar-refractivity contribution is 5.06. The van der Waals surface area contributed by atoms with Gasteiger partial charge in [-0.3, -0.25) is 0 Å². The molecule has 1 atom stereocenters. The second-order valence-electron chi connectivity index (χ2n) is 8.79. The van der Waals surface area contributed by atoms with Crippen molar-refractivity contribution in [1.29, 1.82) is 0 Å². The fourth-order valence-electron chi connectivity index (χ4n) is 6.62. The third kappa shape index (κ3) is 2.79. The molecule has 1 unspecified atom stereocenters.